The third-order valence-electron chi connectivity index (χ3n) is 3.69. The molecule has 20 heavy (non-hydrogen) atoms. The first-order valence-electron chi connectivity index (χ1n) is 6.97. The number of anilines is 1. The molecule has 0 atom stereocenters. The van der Waals surface area contributed by atoms with E-state index in [0.717, 1.165) is 36.8 Å². The van der Waals surface area contributed by atoms with Crippen LogP contribution in [0.3, 0.4) is 0 Å². The molecule has 0 amide bonds. The minimum Gasteiger partial charge on any atom is -0.497 e. The van der Waals surface area contributed by atoms with Crippen LogP contribution < -0.4 is 10.5 Å². The van der Waals surface area contributed by atoms with Crippen LogP contribution in [-0.4, -0.2) is 34.9 Å². The lowest BCUT2D eigenvalue weighted by atomic mass is 10.3. The molecular formula is C15H20N4O. The SMILES string of the molecule is COc1ccc(-n2nc(CN3CCCC3)cc2N)cc1. The summed E-state index contributed by atoms with van der Waals surface area (Å²) in [5.74, 6) is 1.50. The molecule has 2 N–H and O–H groups in total. The van der Waals surface area contributed by atoms with E-state index < -0.39 is 0 Å². The molecule has 0 spiro atoms. The average Bonchev–Trinajstić information content (AvgIpc) is 3.09. The van der Waals surface area contributed by atoms with Gasteiger partial charge in [0.15, 0.2) is 0 Å². The lowest BCUT2D eigenvalue weighted by Gasteiger charge is -2.11. The van der Waals surface area contributed by atoms with E-state index in [1.165, 1.54) is 12.8 Å². The Bertz CT molecular complexity index is 570. The van der Waals surface area contributed by atoms with E-state index in [1.807, 2.05) is 30.3 Å². The normalized spacial score (nSPS) is 15.7. The number of rotatable bonds is 4. The lowest BCUT2D eigenvalue weighted by Crippen LogP contribution is -2.18. The number of nitrogen functional groups attached to an aromatic ring is 1. The molecule has 1 aromatic heterocycles. The van der Waals surface area contributed by atoms with Gasteiger partial charge in [-0.3, -0.25) is 4.90 Å². The molecule has 2 aromatic rings. The molecule has 1 aliphatic rings. The van der Waals surface area contributed by atoms with Gasteiger partial charge in [0, 0.05) is 12.6 Å². The van der Waals surface area contributed by atoms with Crippen molar-refractivity contribution in [2.75, 3.05) is 25.9 Å². The van der Waals surface area contributed by atoms with Crippen molar-refractivity contribution in [2.45, 2.75) is 19.4 Å². The summed E-state index contributed by atoms with van der Waals surface area (Å²) in [5.41, 5.74) is 8.05. The van der Waals surface area contributed by atoms with Crippen LogP contribution in [0, 0.1) is 0 Å². The van der Waals surface area contributed by atoms with Gasteiger partial charge in [0.1, 0.15) is 11.6 Å². The largest absolute Gasteiger partial charge is 0.497 e. The van der Waals surface area contributed by atoms with Gasteiger partial charge in [0.05, 0.1) is 18.5 Å². The fourth-order valence-corrected chi connectivity index (χ4v) is 2.62. The Labute approximate surface area is 118 Å². The van der Waals surface area contributed by atoms with Gasteiger partial charge in [-0.1, -0.05) is 0 Å². The smallest absolute Gasteiger partial charge is 0.127 e. The topological polar surface area (TPSA) is 56.3 Å². The standard InChI is InChI=1S/C15H20N4O/c1-20-14-6-4-13(5-7-14)19-15(16)10-12(17-19)11-18-8-2-3-9-18/h4-7,10H,2-3,8-9,11,16H2,1H3. The third-order valence-corrected chi connectivity index (χ3v) is 3.69. The average molecular weight is 272 g/mol. The Morgan fingerprint density at radius 1 is 1.20 bits per heavy atom. The number of methoxy groups -OCH3 is 1. The molecular weight excluding hydrogens is 252 g/mol. The van der Waals surface area contributed by atoms with E-state index in [1.54, 1.807) is 11.8 Å². The van der Waals surface area contributed by atoms with Crippen molar-refractivity contribution < 1.29 is 4.74 Å². The van der Waals surface area contributed by atoms with Crippen LogP contribution in [0.15, 0.2) is 30.3 Å². The minimum absolute atomic E-state index is 0.671. The Kier molecular flexibility index (Phi) is 3.60. The van der Waals surface area contributed by atoms with Crippen LogP contribution in [0.5, 0.6) is 5.75 Å². The second-order valence-corrected chi connectivity index (χ2v) is 5.15. The zero-order valence-electron chi connectivity index (χ0n) is 11.7. The highest BCUT2D eigenvalue weighted by Crippen LogP contribution is 2.19. The van der Waals surface area contributed by atoms with Gasteiger partial charge in [-0.2, -0.15) is 5.10 Å². The van der Waals surface area contributed by atoms with Crippen molar-refractivity contribution in [1.29, 1.82) is 0 Å². The number of ether oxygens (including phenoxy) is 1. The van der Waals surface area contributed by atoms with E-state index in [0.29, 0.717) is 5.82 Å². The van der Waals surface area contributed by atoms with Crippen LogP contribution >= 0.6 is 0 Å². The van der Waals surface area contributed by atoms with Gasteiger partial charge in [-0.25, -0.2) is 4.68 Å². The fourth-order valence-electron chi connectivity index (χ4n) is 2.62. The second kappa shape index (κ2) is 5.54. The Morgan fingerprint density at radius 2 is 1.90 bits per heavy atom. The summed E-state index contributed by atoms with van der Waals surface area (Å²) >= 11 is 0. The van der Waals surface area contributed by atoms with E-state index in [-0.39, 0.29) is 0 Å². The zero-order valence-corrected chi connectivity index (χ0v) is 11.7. The molecule has 2 heterocycles. The quantitative estimate of drug-likeness (QED) is 0.925. The number of likely N-dealkylation sites (tertiary alicyclic amines) is 1. The van der Waals surface area contributed by atoms with E-state index in [2.05, 4.69) is 10.00 Å². The van der Waals surface area contributed by atoms with E-state index in [4.69, 9.17) is 10.5 Å². The van der Waals surface area contributed by atoms with Crippen LogP contribution in [-0.2, 0) is 6.54 Å². The molecule has 106 valence electrons. The molecule has 3 rings (SSSR count). The van der Waals surface area contributed by atoms with Crippen LogP contribution in [0.4, 0.5) is 5.82 Å². The maximum atomic E-state index is 6.07. The number of hydrogen-bond donors (Lipinski definition) is 1. The van der Waals surface area contributed by atoms with Gasteiger partial charge in [-0.05, 0) is 50.2 Å². The first kappa shape index (κ1) is 13.0. The van der Waals surface area contributed by atoms with Crippen molar-refractivity contribution in [3.63, 3.8) is 0 Å². The Hall–Kier alpha value is -2.01. The summed E-state index contributed by atoms with van der Waals surface area (Å²) in [6, 6.07) is 9.71. The molecule has 1 aliphatic heterocycles. The van der Waals surface area contributed by atoms with Crippen LogP contribution in [0.1, 0.15) is 18.5 Å². The predicted molar refractivity (Wildman–Crippen MR) is 79.0 cm³/mol. The summed E-state index contributed by atoms with van der Waals surface area (Å²) in [4.78, 5) is 2.42. The highest BCUT2D eigenvalue weighted by Gasteiger charge is 2.14. The minimum atomic E-state index is 0.671. The lowest BCUT2D eigenvalue weighted by molar-refractivity contribution is 0.326. The molecule has 0 saturated carbocycles. The number of hydrogen-bond acceptors (Lipinski definition) is 4. The van der Waals surface area contributed by atoms with Gasteiger partial charge in [0.25, 0.3) is 0 Å². The summed E-state index contributed by atoms with van der Waals surface area (Å²) in [6.07, 6.45) is 2.57. The van der Waals surface area contributed by atoms with Crippen molar-refractivity contribution in [2.24, 2.45) is 0 Å². The van der Waals surface area contributed by atoms with Gasteiger partial charge >= 0.3 is 0 Å². The number of nitrogens with two attached hydrogens (primary N) is 1. The second-order valence-electron chi connectivity index (χ2n) is 5.15. The zero-order chi connectivity index (χ0) is 13.9. The van der Waals surface area contributed by atoms with Gasteiger partial charge < -0.3 is 10.5 Å². The fraction of sp³-hybridized carbons (Fsp3) is 0.400. The Morgan fingerprint density at radius 3 is 2.55 bits per heavy atom. The molecule has 5 heteroatoms. The monoisotopic (exact) mass is 272 g/mol. The predicted octanol–water partition coefficient (Wildman–Crippen LogP) is 2.06. The molecule has 1 fully saturated rings. The molecule has 1 saturated heterocycles. The van der Waals surface area contributed by atoms with Crippen molar-refractivity contribution in [3.8, 4) is 11.4 Å². The highest BCUT2D eigenvalue weighted by atomic mass is 16.5. The maximum Gasteiger partial charge on any atom is 0.127 e. The molecule has 0 aliphatic carbocycles. The molecule has 0 bridgehead atoms. The summed E-state index contributed by atoms with van der Waals surface area (Å²) in [6.45, 7) is 3.21. The van der Waals surface area contributed by atoms with E-state index >= 15 is 0 Å². The molecule has 1 aromatic carbocycles. The summed E-state index contributed by atoms with van der Waals surface area (Å²) < 4.78 is 6.94. The van der Waals surface area contributed by atoms with E-state index in [9.17, 15) is 0 Å². The van der Waals surface area contributed by atoms with Gasteiger partial charge in [0.2, 0.25) is 0 Å². The van der Waals surface area contributed by atoms with Crippen molar-refractivity contribution in [1.82, 2.24) is 14.7 Å². The number of benzene rings is 1. The molecule has 5 nitrogen and oxygen atoms in total. The highest BCUT2D eigenvalue weighted by molar-refractivity contribution is 5.44. The maximum absolute atomic E-state index is 6.07. The third kappa shape index (κ3) is 2.63. The van der Waals surface area contributed by atoms with Crippen LogP contribution in [0.2, 0.25) is 0 Å². The first-order chi connectivity index (χ1) is 9.76. The number of nitrogens with zero attached hydrogens (tertiary/aromatic N) is 3. The summed E-state index contributed by atoms with van der Waals surface area (Å²) in [5, 5.41) is 4.61. The molecule has 0 unspecified atom stereocenters. The van der Waals surface area contributed by atoms with Crippen molar-refractivity contribution in [3.05, 3.63) is 36.0 Å². The summed E-state index contributed by atoms with van der Waals surface area (Å²) in [7, 11) is 1.66. The number of aromatic nitrogens is 2. The van der Waals surface area contributed by atoms with Gasteiger partial charge in [-0.15, -0.1) is 0 Å². The first-order valence-corrected chi connectivity index (χ1v) is 6.97. The van der Waals surface area contributed by atoms with Crippen molar-refractivity contribution >= 4 is 5.82 Å². The Balaban J connectivity index is 1.80. The molecule has 0 radical (unpaired) electrons. The van der Waals surface area contributed by atoms with Crippen LogP contribution in [0.25, 0.3) is 5.69 Å².